The topological polar surface area (TPSA) is 46.2 Å². The van der Waals surface area contributed by atoms with Gasteiger partial charge in [0.15, 0.2) is 0 Å². The largest absolute Gasteiger partial charge is 0.353 e. The van der Waals surface area contributed by atoms with Crippen LogP contribution in [0.15, 0.2) is 30.3 Å². The van der Waals surface area contributed by atoms with Gasteiger partial charge < -0.3 is 5.32 Å². The summed E-state index contributed by atoms with van der Waals surface area (Å²) >= 11 is 0. The molecule has 3 nitrogen and oxygen atoms in total. The van der Waals surface area contributed by atoms with Gasteiger partial charge in [0.05, 0.1) is 0 Å². The van der Waals surface area contributed by atoms with Gasteiger partial charge in [0.25, 0.3) is 0 Å². The number of rotatable bonds is 5. The van der Waals surface area contributed by atoms with E-state index >= 15 is 0 Å². The van der Waals surface area contributed by atoms with Crippen molar-refractivity contribution in [1.29, 1.82) is 0 Å². The average molecular weight is 293 g/mol. The molecule has 1 amide bonds. The number of amides is 1. The molecule has 1 aliphatic carbocycles. The Kier molecular flexibility index (Phi) is 5.77. The van der Waals surface area contributed by atoms with Crippen molar-refractivity contribution >= 4 is 16.7 Å². The lowest BCUT2D eigenvalue weighted by atomic mass is 9.87. The Morgan fingerprint density at radius 3 is 2.50 bits per heavy atom. The number of hydrogen-bond acceptors (Lipinski definition) is 2. The summed E-state index contributed by atoms with van der Waals surface area (Å²) in [5.41, 5.74) is 1.02. The number of hydrogen-bond donors (Lipinski definition) is 1. The minimum absolute atomic E-state index is 0.0705. The normalized spacial score (nSPS) is 24.1. The summed E-state index contributed by atoms with van der Waals surface area (Å²) in [5, 5.41) is 3.02. The lowest BCUT2D eigenvalue weighted by Crippen LogP contribution is -2.39. The van der Waals surface area contributed by atoms with Gasteiger partial charge in [0.2, 0.25) is 5.91 Å². The van der Waals surface area contributed by atoms with Crippen LogP contribution in [-0.2, 0) is 21.3 Å². The van der Waals surface area contributed by atoms with Crippen molar-refractivity contribution in [3.05, 3.63) is 35.9 Å². The summed E-state index contributed by atoms with van der Waals surface area (Å²) in [6, 6.07) is 9.96. The Labute approximate surface area is 123 Å². The van der Waals surface area contributed by atoms with E-state index in [0.717, 1.165) is 24.3 Å². The van der Waals surface area contributed by atoms with E-state index < -0.39 is 10.8 Å². The molecule has 4 heteroatoms. The third-order valence-corrected chi connectivity index (χ3v) is 5.08. The third-order valence-electron chi connectivity index (χ3n) is 3.84. The molecule has 0 heterocycles. The first-order valence-corrected chi connectivity index (χ1v) is 8.80. The number of carbonyl (C=O) groups is 1. The number of carbonyl (C=O) groups excluding carboxylic acids is 1. The molecule has 1 aliphatic rings. The average Bonchev–Trinajstić information content (AvgIpc) is 2.42. The van der Waals surface area contributed by atoms with Gasteiger partial charge in [-0.3, -0.25) is 9.00 Å². The quantitative estimate of drug-likeness (QED) is 0.907. The fraction of sp³-hybridized carbons (Fsp3) is 0.562. The first-order valence-electron chi connectivity index (χ1n) is 7.31. The van der Waals surface area contributed by atoms with Crippen molar-refractivity contribution in [1.82, 2.24) is 5.32 Å². The first-order chi connectivity index (χ1) is 9.63. The van der Waals surface area contributed by atoms with Crippen LogP contribution in [0.3, 0.4) is 0 Å². The predicted molar refractivity (Wildman–Crippen MR) is 82.7 cm³/mol. The lowest BCUT2D eigenvalue weighted by molar-refractivity contribution is -0.119. The van der Waals surface area contributed by atoms with Gasteiger partial charge >= 0.3 is 0 Å². The van der Waals surface area contributed by atoms with Gasteiger partial charge in [-0.05, 0) is 37.2 Å². The van der Waals surface area contributed by atoms with Gasteiger partial charge in [0, 0.05) is 22.6 Å². The van der Waals surface area contributed by atoms with Crippen molar-refractivity contribution in [2.75, 3.05) is 5.75 Å². The molecule has 1 atom stereocenters. The molecular formula is C16H23NO2S. The second-order valence-corrected chi connectivity index (χ2v) is 7.20. The highest BCUT2D eigenvalue weighted by molar-refractivity contribution is 7.84. The van der Waals surface area contributed by atoms with Gasteiger partial charge in [0.1, 0.15) is 5.75 Å². The zero-order chi connectivity index (χ0) is 14.4. The minimum Gasteiger partial charge on any atom is -0.353 e. The maximum absolute atomic E-state index is 12.0. The second kappa shape index (κ2) is 7.58. The van der Waals surface area contributed by atoms with E-state index in [4.69, 9.17) is 0 Å². The van der Waals surface area contributed by atoms with Crippen LogP contribution in [0.25, 0.3) is 0 Å². The summed E-state index contributed by atoms with van der Waals surface area (Å²) in [4.78, 5) is 11.9. The van der Waals surface area contributed by atoms with Crippen LogP contribution in [0.1, 0.15) is 38.2 Å². The molecule has 1 aromatic rings. The van der Waals surface area contributed by atoms with Gasteiger partial charge in [-0.25, -0.2) is 0 Å². The van der Waals surface area contributed by atoms with Crippen molar-refractivity contribution in [3.63, 3.8) is 0 Å². The Bertz CT molecular complexity index is 453. The molecule has 1 fully saturated rings. The van der Waals surface area contributed by atoms with Gasteiger partial charge in [-0.1, -0.05) is 37.3 Å². The van der Waals surface area contributed by atoms with Gasteiger partial charge in [-0.2, -0.15) is 0 Å². The van der Waals surface area contributed by atoms with Crippen molar-refractivity contribution in [2.24, 2.45) is 5.92 Å². The van der Waals surface area contributed by atoms with Crippen molar-refractivity contribution in [3.8, 4) is 0 Å². The monoisotopic (exact) mass is 293 g/mol. The summed E-state index contributed by atoms with van der Waals surface area (Å²) in [5.74, 6) is 1.27. The van der Waals surface area contributed by atoms with E-state index in [1.165, 1.54) is 12.8 Å². The first kappa shape index (κ1) is 15.2. The molecule has 110 valence electrons. The lowest BCUT2D eigenvalue weighted by Gasteiger charge is -2.26. The van der Waals surface area contributed by atoms with E-state index in [9.17, 15) is 9.00 Å². The van der Waals surface area contributed by atoms with E-state index in [0.29, 0.717) is 5.75 Å². The summed E-state index contributed by atoms with van der Waals surface area (Å²) in [6.07, 6.45) is 4.46. The van der Waals surface area contributed by atoms with E-state index in [1.54, 1.807) is 0 Å². The Morgan fingerprint density at radius 2 is 1.85 bits per heavy atom. The fourth-order valence-electron chi connectivity index (χ4n) is 2.63. The zero-order valence-electron chi connectivity index (χ0n) is 12.0. The van der Waals surface area contributed by atoms with Crippen molar-refractivity contribution < 1.29 is 9.00 Å². The van der Waals surface area contributed by atoms with E-state index in [2.05, 4.69) is 12.2 Å². The molecule has 20 heavy (non-hydrogen) atoms. The molecule has 0 bridgehead atoms. The molecule has 1 saturated carbocycles. The standard InChI is InChI=1S/C16H23NO2S/c1-13-7-9-15(10-8-13)17-16(18)12-20(19)11-14-5-3-2-4-6-14/h2-6,13,15H,7-12H2,1H3,(H,17,18)/t13?,15?,20-/m0/s1. The number of benzene rings is 1. The van der Waals surface area contributed by atoms with Crippen LogP contribution in [0.4, 0.5) is 0 Å². The van der Waals surface area contributed by atoms with Crippen LogP contribution in [-0.4, -0.2) is 21.9 Å². The molecule has 1 N–H and O–H groups in total. The molecule has 0 unspecified atom stereocenters. The Hall–Kier alpha value is -1.16. The van der Waals surface area contributed by atoms with Gasteiger partial charge in [-0.15, -0.1) is 0 Å². The van der Waals surface area contributed by atoms with Crippen LogP contribution in [0, 0.1) is 5.92 Å². The second-order valence-electron chi connectivity index (χ2n) is 5.74. The summed E-state index contributed by atoms with van der Waals surface area (Å²) in [7, 11) is -1.12. The fourth-order valence-corrected chi connectivity index (χ4v) is 3.67. The Morgan fingerprint density at radius 1 is 1.20 bits per heavy atom. The van der Waals surface area contributed by atoms with E-state index in [1.807, 2.05) is 30.3 Å². The molecule has 0 radical (unpaired) electrons. The maximum Gasteiger partial charge on any atom is 0.232 e. The molecule has 0 aromatic heterocycles. The highest BCUT2D eigenvalue weighted by Gasteiger charge is 2.20. The maximum atomic E-state index is 12.0. The van der Waals surface area contributed by atoms with Crippen LogP contribution < -0.4 is 5.32 Å². The summed E-state index contributed by atoms with van der Waals surface area (Å²) in [6.45, 7) is 2.26. The Balaban J connectivity index is 1.72. The molecule has 0 aliphatic heterocycles. The molecule has 2 rings (SSSR count). The highest BCUT2D eigenvalue weighted by Crippen LogP contribution is 2.23. The minimum atomic E-state index is -1.12. The van der Waals surface area contributed by atoms with E-state index in [-0.39, 0.29) is 17.7 Å². The highest BCUT2D eigenvalue weighted by atomic mass is 32.2. The summed E-state index contributed by atoms with van der Waals surface area (Å²) < 4.78 is 12.0. The third kappa shape index (κ3) is 5.08. The molecule has 0 saturated heterocycles. The van der Waals surface area contributed by atoms with Crippen LogP contribution in [0.2, 0.25) is 0 Å². The zero-order valence-corrected chi connectivity index (χ0v) is 12.8. The molecule has 1 aromatic carbocycles. The van der Waals surface area contributed by atoms with Crippen molar-refractivity contribution in [2.45, 2.75) is 44.4 Å². The number of nitrogens with one attached hydrogen (secondary N) is 1. The van der Waals surface area contributed by atoms with Crippen LogP contribution >= 0.6 is 0 Å². The molecular weight excluding hydrogens is 270 g/mol. The SMILES string of the molecule is CC1CCC(NC(=O)C[S@@](=O)Cc2ccccc2)CC1. The van der Waals surface area contributed by atoms with Crippen LogP contribution in [0.5, 0.6) is 0 Å². The smallest absolute Gasteiger partial charge is 0.232 e. The predicted octanol–water partition coefficient (Wildman–Crippen LogP) is 2.63. The molecule has 0 spiro atoms.